The number of hydrogen-bond acceptors (Lipinski definition) is 3. The van der Waals surface area contributed by atoms with Crippen molar-refractivity contribution in [2.45, 2.75) is 10.4 Å². The molecule has 0 atom stereocenters. The topological polar surface area (TPSA) is 46.2 Å². The fraction of sp³-hybridized carbons (Fsp3) is 0.200. The molecule has 3 nitrogen and oxygen atoms in total. The second-order valence-corrected chi connectivity index (χ2v) is 6.49. The summed E-state index contributed by atoms with van der Waals surface area (Å²) < 4.78 is 73.4. The highest BCUT2D eigenvalue weighted by Crippen LogP contribution is 2.34. The molecule has 9 heteroatoms. The maximum absolute atomic E-state index is 13.0. The maximum Gasteiger partial charge on any atom is 0.501 e. The van der Waals surface area contributed by atoms with Gasteiger partial charge in [0.25, 0.3) is 9.84 Å². The maximum atomic E-state index is 13.0. The van der Waals surface area contributed by atoms with E-state index in [1.54, 1.807) is 0 Å². The molecule has 0 heterocycles. The van der Waals surface area contributed by atoms with Gasteiger partial charge >= 0.3 is 5.51 Å². The quantitative estimate of drug-likeness (QED) is 0.835. The van der Waals surface area contributed by atoms with Crippen LogP contribution in [0.15, 0.2) is 34.2 Å². The number of nitrogens with one attached hydrogen (secondary N) is 1. The van der Waals surface area contributed by atoms with E-state index < -0.39 is 26.1 Å². The van der Waals surface area contributed by atoms with Crippen molar-refractivity contribution in [3.8, 4) is 0 Å². The fourth-order valence-corrected chi connectivity index (χ4v) is 2.27. The molecule has 0 unspecified atom stereocenters. The van der Waals surface area contributed by atoms with E-state index in [1.807, 2.05) is 0 Å². The van der Waals surface area contributed by atoms with Crippen LogP contribution in [0.3, 0.4) is 0 Å². The van der Waals surface area contributed by atoms with Crippen LogP contribution in [0.5, 0.6) is 0 Å². The molecule has 106 valence electrons. The van der Waals surface area contributed by atoms with Crippen molar-refractivity contribution in [3.05, 3.63) is 35.1 Å². The van der Waals surface area contributed by atoms with Crippen LogP contribution >= 0.6 is 15.9 Å². The lowest BCUT2D eigenvalue weighted by atomic mass is 10.3. The Bertz CT molecular complexity index is 598. The first-order valence-electron chi connectivity index (χ1n) is 4.74. The Balaban J connectivity index is 3.33. The second kappa shape index (κ2) is 5.49. The van der Waals surface area contributed by atoms with E-state index >= 15 is 0 Å². The third-order valence-corrected chi connectivity index (χ3v) is 3.82. The molecule has 1 aromatic rings. The Morgan fingerprint density at radius 1 is 1.37 bits per heavy atom. The molecule has 0 saturated heterocycles. The van der Waals surface area contributed by atoms with Crippen LogP contribution in [-0.2, 0) is 9.84 Å². The van der Waals surface area contributed by atoms with E-state index in [4.69, 9.17) is 0 Å². The van der Waals surface area contributed by atoms with Gasteiger partial charge in [-0.15, -0.1) is 0 Å². The Morgan fingerprint density at radius 3 is 2.42 bits per heavy atom. The molecule has 0 saturated carbocycles. The zero-order valence-electron chi connectivity index (χ0n) is 9.26. The summed E-state index contributed by atoms with van der Waals surface area (Å²) >= 11 is 2.96. The van der Waals surface area contributed by atoms with Gasteiger partial charge in [0, 0.05) is 11.0 Å². The van der Waals surface area contributed by atoms with Gasteiger partial charge in [0.1, 0.15) is 10.7 Å². The molecule has 0 aliphatic rings. The minimum Gasteiger partial charge on any atom is -0.379 e. The molecule has 0 spiro atoms. The molecule has 1 rings (SSSR count). The van der Waals surface area contributed by atoms with Crippen molar-refractivity contribution >= 4 is 31.5 Å². The van der Waals surface area contributed by atoms with E-state index in [0.717, 1.165) is 12.1 Å². The van der Waals surface area contributed by atoms with Crippen LogP contribution < -0.4 is 5.32 Å². The summed E-state index contributed by atoms with van der Waals surface area (Å²) in [5.74, 6) is -1.08. The number of benzene rings is 1. The van der Waals surface area contributed by atoms with Gasteiger partial charge in [-0.1, -0.05) is 22.5 Å². The zero-order chi connectivity index (χ0) is 14.8. The van der Waals surface area contributed by atoms with Crippen molar-refractivity contribution in [2.24, 2.45) is 0 Å². The number of anilines is 1. The predicted octanol–water partition coefficient (Wildman–Crippen LogP) is 3.44. The minimum absolute atomic E-state index is 0.00793. The average molecular weight is 362 g/mol. The van der Waals surface area contributed by atoms with Gasteiger partial charge in [0.15, 0.2) is 0 Å². The number of hydrogen-bond donors (Lipinski definition) is 1. The van der Waals surface area contributed by atoms with Gasteiger partial charge in [-0.2, -0.15) is 13.2 Å². The van der Waals surface area contributed by atoms with Gasteiger partial charge in [-0.25, -0.2) is 12.8 Å². The molecular formula is C10H8BrF4NO2S. The average Bonchev–Trinajstić information content (AvgIpc) is 2.25. The molecule has 0 aromatic heterocycles. The normalized spacial score (nSPS) is 12.3. The first-order valence-corrected chi connectivity index (χ1v) is 7.01. The minimum atomic E-state index is -5.62. The first kappa shape index (κ1) is 16.0. The zero-order valence-corrected chi connectivity index (χ0v) is 11.7. The summed E-state index contributed by atoms with van der Waals surface area (Å²) in [5.41, 5.74) is -5.85. The van der Waals surface area contributed by atoms with Crippen LogP contribution in [0.1, 0.15) is 0 Å². The molecular weight excluding hydrogens is 354 g/mol. The number of alkyl halides is 3. The summed E-state index contributed by atoms with van der Waals surface area (Å²) in [7, 11) is -5.62. The standard InChI is InChI=1S/C10H8BrF4NO2S/c1-6(11)5-16-8-3-2-7(12)4-9(8)19(17,18)10(13,14)15/h2-4,16H,1,5H2. The van der Waals surface area contributed by atoms with Crippen LogP contribution in [0, 0.1) is 5.82 Å². The van der Waals surface area contributed by atoms with E-state index in [9.17, 15) is 26.0 Å². The molecule has 0 aliphatic heterocycles. The molecule has 0 aliphatic carbocycles. The summed E-state index contributed by atoms with van der Waals surface area (Å²) in [5, 5.41) is 2.43. The molecule has 0 radical (unpaired) electrons. The Kier molecular flexibility index (Phi) is 4.62. The van der Waals surface area contributed by atoms with Crippen molar-refractivity contribution in [1.82, 2.24) is 0 Å². The van der Waals surface area contributed by atoms with Gasteiger partial charge in [0.2, 0.25) is 0 Å². The molecule has 19 heavy (non-hydrogen) atoms. The number of sulfone groups is 1. The van der Waals surface area contributed by atoms with Gasteiger partial charge in [-0.3, -0.25) is 0 Å². The third-order valence-electron chi connectivity index (χ3n) is 2.01. The Hall–Kier alpha value is -1.09. The van der Waals surface area contributed by atoms with E-state index in [-0.39, 0.29) is 12.2 Å². The monoisotopic (exact) mass is 361 g/mol. The van der Waals surface area contributed by atoms with Crippen LogP contribution in [0.2, 0.25) is 0 Å². The van der Waals surface area contributed by atoms with E-state index in [2.05, 4.69) is 27.8 Å². The van der Waals surface area contributed by atoms with Crippen molar-refractivity contribution < 1.29 is 26.0 Å². The van der Waals surface area contributed by atoms with Crippen LogP contribution in [0.4, 0.5) is 23.2 Å². The highest BCUT2D eigenvalue weighted by molar-refractivity contribution is 9.11. The summed E-state index contributed by atoms with van der Waals surface area (Å²) in [4.78, 5) is -1.16. The van der Waals surface area contributed by atoms with Crippen molar-refractivity contribution in [1.29, 1.82) is 0 Å². The first-order chi connectivity index (χ1) is 8.55. The number of halogens is 5. The lowest BCUT2D eigenvalue weighted by Crippen LogP contribution is -2.24. The van der Waals surface area contributed by atoms with Gasteiger partial charge in [-0.05, 0) is 18.2 Å². The van der Waals surface area contributed by atoms with E-state index in [1.165, 1.54) is 0 Å². The smallest absolute Gasteiger partial charge is 0.379 e. The second-order valence-electron chi connectivity index (χ2n) is 3.46. The predicted molar refractivity (Wildman–Crippen MR) is 66.2 cm³/mol. The lowest BCUT2D eigenvalue weighted by molar-refractivity contribution is -0.0435. The molecule has 1 N–H and O–H groups in total. The summed E-state index contributed by atoms with van der Waals surface area (Å²) in [6.07, 6.45) is 0. The van der Waals surface area contributed by atoms with Crippen molar-refractivity contribution in [2.75, 3.05) is 11.9 Å². The third kappa shape index (κ3) is 3.69. The molecule has 1 aromatic carbocycles. The summed E-state index contributed by atoms with van der Waals surface area (Å²) in [6, 6.07) is 2.10. The SMILES string of the molecule is C=C(Br)CNc1ccc(F)cc1S(=O)(=O)C(F)(F)F. The Labute approximate surface area is 115 Å². The van der Waals surface area contributed by atoms with E-state index in [0.29, 0.717) is 10.5 Å². The highest BCUT2D eigenvalue weighted by Gasteiger charge is 2.48. The van der Waals surface area contributed by atoms with Crippen LogP contribution in [0.25, 0.3) is 0 Å². The molecule has 0 bridgehead atoms. The summed E-state index contributed by atoms with van der Waals surface area (Å²) in [6.45, 7) is 3.43. The molecule has 0 fully saturated rings. The van der Waals surface area contributed by atoms with Gasteiger partial charge in [0.05, 0.1) is 5.69 Å². The Morgan fingerprint density at radius 2 is 1.95 bits per heavy atom. The molecule has 0 amide bonds. The van der Waals surface area contributed by atoms with Gasteiger partial charge < -0.3 is 5.32 Å². The lowest BCUT2D eigenvalue weighted by Gasteiger charge is -2.14. The fourth-order valence-electron chi connectivity index (χ4n) is 1.18. The number of rotatable bonds is 4. The van der Waals surface area contributed by atoms with Crippen molar-refractivity contribution in [3.63, 3.8) is 0 Å². The largest absolute Gasteiger partial charge is 0.501 e. The highest BCUT2D eigenvalue weighted by atomic mass is 79.9. The van der Waals surface area contributed by atoms with Crippen LogP contribution in [-0.4, -0.2) is 20.5 Å².